The number of nitrogen functional groups attached to an aromatic ring is 1. The minimum Gasteiger partial charge on any atom is -0.464 e. The van der Waals surface area contributed by atoms with Crippen LogP contribution in [0.1, 0.15) is 11.1 Å². The molecule has 5 heteroatoms. The molecular formula is C17H10N4O. The molecule has 2 aromatic heterocycles. The SMILES string of the molecule is N#Cc1ccc(-c2cc(-c3ccco3)c(C#N)c(N)n2)cc1. The summed E-state index contributed by atoms with van der Waals surface area (Å²) in [5.74, 6) is 0.705. The monoisotopic (exact) mass is 286 g/mol. The quantitative estimate of drug-likeness (QED) is 0.778. The first kappa shape index (κ1) is 13.4. The first-order chi connectivity index (χ1) is 10.7. The molecule has 0 aliphatic rings. The van der Waals surface area contributed by atoms with Crippen molar-refractivity contribution in [3.05, 3.63) is 59.9 Å². The molecule has 0 radical (unpaired) electrons. The van der Waals surface area contributed by atoms with Gasteiger partial charge in [0.1, 0.15) is 23.2 Å². The van der Waals surface area contributed by atoms with E-state index in [0.717, 1.165) is 5.56 Å². The summed E-state index contributed by atoms with van der Waals surface area (Å²) >= 11 is 0. The summed E-state index contributed by atoms with van der Waals surface area (Å²) in [6.07, 6.45) is 1.54. The van der Waals surface area contributed by atoms with Crippen molar-refractivity contribution in [1.82, 2.24) is 4.98 Å². The lowest BCUT2D eigenvalue weighted by Crippen LogP contribution is -1.99. The van der Waals surface area contributed by atoms with Gasteiger partial charge in [0.2, 0.25) is 0 Å². The van der Waals surface area contributed by atoms with Gasteiger partial charge in [0, 0.05) is 11.1 Å². The lowest BCUT2D eigenvalue weighted by molar-refractivity contribution is 0.582. The Balaban J connectivity index is 2.18. The summed E-state index contributed by atoms with van der Waals surface area (Å²) in [7, 11) is 0. The Morgan fingerprint density at radius 1 is 1.05 bits per heavy atom. The molecule has 2 heterocycles. The Kier molecular flexibility index (Phi) is 3.31. The van der Waals surface area contributed by atoms with Gasteiger partial charge in [-0.25, -0.2) is 4.98 Å². The fraction of sp³-hybridized carbons (Fsp3) is 0. The van der Waals surface area contributed by atoms with Crippen LogP contribution >= 0.6 is 0 Å². The molecule has 104 valence electrons. The first-order valence-electron chi connectivity index (χ1n) is 6.48. The molecule has 0 atom stereocenters. The third-order valence-corrected chi connectivity index (χ3v) is 3.26. The predicted octanol–water partition coefficient (Wildman–Crippen LogP) is 3.33. The molecular weight excluding hydrogens is 276 g/mol. The van der Waals surface area contributed by atoms with E-state index in [1.165, 1.54) is 6.26 Å². The Morgan fingerprint density at radius 2 is 1.82 bits per heavy atom. The van der Waals surface area contributed by atoms with Crippen LogP contribution in [0.15, 0.2) is 53.1 Å². The number of aromatic nitrogens is 1. The zero-order chi connectivity index (χ0) is 15.5. The van der Waals surface area contributed by atoms with Crippen molar-refractivity contribution in [2.24, 2.45) is 0 Å². The van der Waals surface area contributed by atoms with Gasteiger partial charge in [-0.1, -0.05) is 12.1 Å². The number of benzene rings is 1. The second-order valence-corrected chi connectivity index (χ2v) is 4.59. The summed E-state index contributed by atoms with van der Waals surface area (Å²) < 4.78 is 5.37. The lowest BCUT2D eigenvalue weighted by Gasteiger charge is -2.08. The molecule has 0 saturated heterocycles. The second-order valence-electron chi connectivity index (χ2n) is 4.59. The maximum atomic E-state index is 9.28. The van der Waals surface area contributed by atoms with Gasteiger partial charge in [-0.05, 0) is 30.3 Å². The van der Waals surface area contributed by atoms with Crippen LogP contribution < -0.4 is 5.73 Å². The van der Waals surface area contributed by atoms with Crippen LogP contribution in [0.5, 0.6) is 0 Å². The maximum Gasteiger partial charge on any atom is 0.142 e. The van der Waals surface area contributed by atoms with Gasteiger partial charge in [-0.3, -0.25) is 0 Å². The Bertz CT molecular complexity index is 898. The van der Waals surface area contributed by atoms with Gasteiger partial charge < -0.3 is 10.2 Å². The van der Waals surface area contributed by atoms with E-state index < -0.39 is 0 Å². The summed E-state index contributed by atoms with van der Waals surface area (Å²) in [5, 5.41) is 18.1. The minimum atomic E-state index is 0.149. The molecule has 0 saturated carbocycles. The normalized spacial score (nSPS) is 9.91. The molecule has 5 nitrogen and oxygen atoms in total. The molecule has 0 spiro atoms. The fourth-order valence-electron chi connectivity index (χ4n) is 2.17. The third kappa shape index (κ3) is 2.28. The highest BCUT2D eigenvalue weighted by molar-refractivity contribution is 5.77. The Hall–Kier alpha value is -3.57. The molecule has 0 aliphatic carbocycles. The summed E-state index contributed by atoms with van der Waals surface area (Å²) in [6.45, 7) is 0. The number of nitrogens with two attached hydrogens (primary N) is 1. The highest BCUT2D eigenvalue weighted by Gasteiger charge is 2.15. The van der Waals surface area contributed by atoms with Gasteiger partial charge in [0.25, 0.3) is 0 Å². The summed E-state index contributed by atoms with van der Waals surface area (Å²) in [5.41, 5.74) is 8.78. The average molecular weight is 286 g/mol. The van der Waals surface area contributed by atoms with Gasteiger partial charge in [-0.15, -0.1) is 0 Å². The molecule has 2 N–H and O–H groups in total. The van der Waals surface area contributed by atoms with Crippen molar-refractivity contribution < 1.29 is 4.42 Å². The van der Waals surface area contributed by atoms with Crippen molar-refractivity contribution in [1.29, 1.82) is 10.5 Å². The first-order valence-corrected chi connectivity index (χ1v) is 6.48. The van der Waals surface area contributed by atoms with E-state index in [1.807, 2.05) is 0 Å². The minimum absolute atomic E-state index is 0.149. The van der Waals surface area contributed by atoms with E-state index in [9.17, 15) is 5.26 Å². The van der Waals surface area contributed by atoms with E-state index in [-0.39, 0.29) is 11.4 Å². The van der Waals surface area contributed by atoms with Crippen LogP contribution in [-0.2, 0) is 0 Å². The number of rotatable bonds is 2. The van der Waals surface area contributed by atoms with Crippen molar-refractivity contribution in [2.75, 3.05) is 5.73 Å². The smallest absolute Gasteiger partial charge is 0.142 e. The molecule has 0 bridgehead atoms. The summed E-state index contributed by atoms with van der Waals surface area (Å²) in [4.78, 5) is 4.27. The highest BCUT2D eigenvalue weighted by atomic mass is 16.3. The molecule has 0 aliphatic heterocycles. The van der Waals surface area contributed by atoms with Gasteiger partial charge in [0.15, 0.2) is 0 Å². The molecule has 0 unspecified atom stereocenters. The number of nitriles is 2. The van der Waals surface area contributed by atoms with E-state index in [4.69, 9.17) is 15.4 Å². The largest absolute Gasteiger partial charge is 0.464 e. The van der Waals surface area contributed by atoms with Crippen LogP contribution in [-0.4, -0.2) is 4.98 Å². The van der Waals surface area contributed by atoms with Crippen LogP contribution in [0.2, 0.25) is 0 Å². The van der Waals surface area contributed by atoms with E-state index in [1.54, 1.807) is 42.5 Å². The standard InChI is InChI=1S/C17H10N4O/c18-9-11-3-5-12(6-4-11)15-8-13(16-2-1-7-22-16)14(10-19)17(20)21-15/h1-8H,(H2,20,21). The number of nitrogens with zero attached hydrogens (tertiary/aromatic N) is 3. The zero-order valence-electron chi connectivity index (χ0n) is 11.4. The topological polar surface area (TPSA) is 99.6 Å². The van der Waals surface area contributed by atoms with Crippen LogP contribution in [0.4, 0.5) is 5.82 Å². The van der Waals surface area contributed by atoms with Crippen molar-refractivity contribution in [3.8, 4) is 34.7 Å². The fourth-order valence-corrected chi connectivity index (χ4v) is 2.17. The third-order valence-electron chi connectivity index (χ3n) is 3.26. The predicted molar refractivity (Wildman–Crippen MR) is 81.2 cm³/mol. The second kappa shape index (κ2) is 5.43. The van der Waals surface area contributed by atoms with Gasteiger partial charge >= 0.3 is 0 Å². The van der Waals surface area contributed by atoms with Crippen molar-refractivity contribution >= 4 is 5.82 Å². The Morgan fingerprint density at radius 3 is 2.41 bits per heavy atom. The van der Waals surface area contributed by atoms with E-state index in [0.29, 0.717) is 22.6 Å². The van der Waals surface area contributed by atoms with E-state index >= 15 is 0 Å². The molecule has 3 aromatic rings. The number of pyridine rings is 1. The van der Waals surface area contributed by atoms with Gasteiger partial charge in [-0.2, -0.15) is 10.5 Å². The average Bonchev–Trinajstić information content (AvgIpc) is 3.08. The number of anilines is 1. The van der Waals surface area contributed by atoms with Gasteiger partial charge in [0.05, 0.1) is 23.6 Å². The van der Waals surface area contributed by atoms with Crippen molar-refractivity contribution in [2.45, 2.75) is 0 Å². The number of furan rings is 1. The number of hydrogen-bond acceptors (Lipinski definition) is 5. The molecule has 0 fully saturated rings. The van der Waals surface area contributed by atoms with E-state index in [2.05, 4.69) is 17.1 Å². The highest BCUT2D eigenvalue weighted by Crippen LogP contribution is 2.31. The summed E-state index contributed by atoms with van der Waals surface area (Å²) in [6, 6.07) is 16.4. The molecule has 0 amide bonds. The lowest BCUT2D eigenvalue weighted by atomic mass is 10.0. The van der Waals surface area contributed by atoms with Crippen LogP contribution in [0, 0.1) is 22.7 Å². The maximum absolute atomic E-state index is 9.28. The molecule has 3 rings (SSSR count). The van der Waals surface area contributed by atoms with Crippen LogP contribution in [0.25, 0.3) is 22.6 Å². The molecule has 1 aromatic carbocycles. The van der Waals surface area contributed by atoms with Crippen LogP contribution in [0.3, 0.4) is 0 Å². The zero-order valence-corrected chi connectivity index (χ0v) is 11.4. The van der Waals surface area contributed by atoms with Crippen molar-refractivity contribution in [3.63, 3.8) is 0 Å². The molecule has 22 heavy (non-hydrogen) atoms. The number of hydrogen-bond donors (Lipinski definition) is 1. The Labute approximate surface area is 126 Å².